The molecule has 24 heavy (non-hydrogen) atoms. The van der Waals surface area contributed by atoms with Gasteiger partial charge >= 0.3 is 11.9 Å². The van der Waals surface area contributed by atoms with Gasteiger partial charge in [0.1, 0.15) is 13.2 Å². The number of fused-ring (bicyclic) bond motifs is 1. The van der Waals surface area contributed by atoms with Gasteiger partial charge in [0.15, 0.2) is 0 Å². The van der Waals surface area contributed by atoms with Gasteiger partial charge in [0, 0.05) is 0 Å². The summed E-state index contributed by atoms with van der Waals surface area (Å²) in [5.41, 5.74) is 2.24. The van der Waals surface area contributed by atoms with Crippen LogP contribution in [0.5, 0.6) is 0 Å². The van der Waals surface area contributed by atoms with Crippen molar-refractivity contribution in [2.45, 2.75) is 13.2 Å². The van der Waals surface area contributed by atoms with E-state index in [-0.39, 0.29) is 24.3 Å². The van der Waals surface area contributed by atoms with E-state index in [1.165, 1.54) is 0 Å². The maximum absolute atomic E-state index is 12.4. The van der Waals surface area contributed by atoms with E-state index in [4.69, 9.17) is 9.47 Å². The standard InChI is InChI=1S/C20H14O4/c21-19-16-9-1-2-10-17(16)20(22)24-12-15-8-4-6-13-5-3-7-14(11-23-19)18(13)15/h1-10H,11-12H2. The molecule has 1 aliphatic heterocycles. The van der Waals surface area contributed by atoms with Crippen LogP contribution in [-0.4, -0.2) is 11.9 Å². The van der Waals surface area contributed by atoms with Crippen LogP contribution in [0.3, 0.4) is 0 Å². The molecule has 0 unspecified atom stereocenters. The summed E-state index contributed by atoms with van der Waals surface area (Å²) in [5.74, 6) is -1.06. The van der Waals surface area contributed by atoms with Gasteiger partial charge in [-0.25, -0.2) is 9.59 Å². The number of esters is 2. The van der Waals surface area contributed by atoms with Crippen LogP contribution in [0.2, 0.25) is 0 Å². The molecular weight excluding hydrogens is 304 g/mol. The molecule has 0 saturated carbocycles. The minimum atomic E-state index is -0.529. The Kier molecular flexibility index (Phi) is 3.50. The summed E-state index contributed by atoms with van der Waals surface area (Å²) in [4.78, 5) is 24.8. The van der Waals surface area contributed by atoms with E-state index in [0.717, 1.165) is 21.9 Å². The lowest BCUT2D eigenvalue weighted by Gasteiger charge is -2.11. The first-order valence-corrected chi connectivity index (χ1v) is 7.67. The molecule has 4 heteroatoms. The Bertz CT molecular complexity index is 885. The molecule has 0 spiro atoms. The highest BCUT2D eigenvalue weighted by molar-refractivity contribution is 6.03. The van der Waals surface area contributed by atoms with Gasteiger partial charge < -0.3 is 9.47 Å². The molecule has 3 aromatic carbocycles. The second-order valence-electron chi connectivity index (χ2n) is 5.63. The Balaban J connectivity index is 1.87. The second-order valence-corrected chi connectivity index (χ2v) is 5.63. The predicted molar refractivity (Wildman–Crippen MR) is 88.6 cm³/mol. The quantitative estimate of drug-likeness (QED) is 0.591. The molecule has 0 atom stereocenters. The van der Waals surface area contributed by atoms with E-state index in [1.807, 2.05) is 36.4 Å². The van der Waals surface area contributed by atoms with Crippen molar-refractivity contribution in [2.75, 3.05) is 0 Å². The normalized spacial score (nSPS) is 14.3. The summed E-state index contributed by atoms with van der Waals surface area (Å²) < 4.78 is 10.9. The van der Waals surface area contributed by atoms with Crippen molar-refractivity contribution < 1.29 is 19.1 Å². The van der Waals surface area contributed by atoms with Crippen LogP contribution in [-0.2, 0) is 22.7 Å². The number of cyclic esters (lactones) is 2. The number of hydrogen-bond donors (Lipinski definition) is 0. The van der Waals surface area contributed by atoms with E-state index in [0.29, 0.717) is 0 Å². The molecule has 0 bridgehead atoms. The van der Waals surface area contributed by atoms with E-state index in [1.54, 1.807) is 24.3 Å². The molecule has 0 fully saturated rings. The molecule has 0 N–H and O–H groups in total. The molecule has 0 amide bonds. The van der Waals surface area contributed by atoms with Crippen LogP contribution >= 0.6 is 0 Å². The van der Waals surface area contributed by atoms with Gasteiger partial charge in [-0.2, -0.15) is 0 Å². The molecule has 3 aromatic rings. The maximum atomic E-state index is 12.4. The van der Waals surface area contributed by atoms with Gasteiger partial charge in [0.2, 0.25) is 0 Å². The molecule has 1 aliphatic rings. The Labute approximate surface area is 138 Å². The molecule has 1 heterocycles. The molecule has 4 nitrogen and oxygen atoms in total. The van der Waals surface area contributed by atoms with Gasteiger partial charge in [-0.3, -0.25) is 0 Å². The lowest BCUT2D eigenvalue weighted by molar-refractivity contribution is 0.0432. The van der Waals surface area contributed by atoms with Crippen LogP contribution < -0.4 is 0 Å². The van der Waals surface area contributed by atoms with Crippen molar-refractivity contribution in [3.8, 4) is 0 Å². The number of carbonyl (C=O) groups excluding carboxylic acids is 2. The maximum Gasteiger partial charge on any atom is 0.339 e. The van der Waals surface area contributed by atoms with E-state index in [9.17, 15) is 9.59 Å². The first-order chi connectivity index (χ1) is 11.7. The highest BCUT2D eigenvalue weighted by Crippen LogP contribution is 2.26. The Morgan fingerprint density at radius 3 is 1.62 bits per heavy atom. The van der Waals surface area contributed by atoms with Gasteiger partial charge in [-0.1, -0.05) is 48.5 Å². The van der Waals surface area contributed by atoms with Crippen LogP contribution in [0.1, 0.15) is 31.8 Å². The van der Waals surface area contributed by atoms with Gasteiger partial charge in [0.05, 0.1) is 11.1 Å². The monoisotopic (exact) mass is 318 g/mol. The zero-order valence-electron chi connectivity index (χ0n) is 12.8. The highest BCUT2D eigenvalue weighted by Gasteiger charge is 2.21. The molecule has 4 rings (SSSR count). The van der Waals surface area contributed by atoms with Crippen LogP contribution in [0, 0.1) is 0 Å². The topological polar surface area (TPSA) is 52.6 Å². The highest BCUT2D eigenvalue weighted by atomic mass is 16.5. The summed E-state index contributed by atoms with van der Waals surface area (Å²) in [6, 6.07) is 18.2. The number of ether oxygens (including phenoxy) is 2. The molecule has 0 aliphatic carbocycles. The third-order valence-electron chi connectivity index (χ3n) is 4.16. The summed E-state index contributed by atoms with van der Waals surface area (Å²) in [6.07, 6.45) is 0. The van der Waals surface area contributed by atoms with Crippen molar-refractivity contribution in [3.05, 3.63) is 82.9 Å². The molecular formula is C20H14O4. The third kappa shape index (κ3) is 2.42. The van der Waals surface area contributed by atoms with Gasteiger partial charge in [-0.15, -0.1) is 0 Å². The molecule has 118 valence electrons. The Hall–Kier alpha value is -3.14. The number of carbonyl (C=O) groups is 2. The molecule has 0 aromatic heterocycles. The zero-order valence-corrected chi connectivity index (χ0v) is 12.8. The van der Waals surface area contributed by atoms with Gasteiger partial charge in [-0.05, 0) is 34.0 Å². The summed E-state index contributed by atoms with van der Waals surface area (Å²) in [6.45, 7) is 0.297. The average molecular weight is 318 g/mol. The minimum absolute atomic E-state index is 0.149. The lowest BCUT2D eigenvalue weighted by atomic mass is 10.00. The van der Waals surface area contributed by atoms with Crippen LogP contribution in [0.4, 0.5) is 0 Å². The van der Waals surface area contributed by atoms with E-state index < -0.39 is 11.9 Å². The minimum Gasteiger partial charge on any atom is -0.457 e. The smallest absolute Gasteiger partial charge is 0.339 e. The van der Waals surface area contributed by atoms with Crippen molar-refractivity contribution in [1.29, 1.82) is 0 Å². The van der Waals surface area contributed by atoms with E-state index >= 15 is 0 Å². The summed E-state index contributed by atoms with van der Waals surface area (Å²) in [5, 5.41) is 1.99. The van der Waals surface area contributed by atoms with Crippen molar-refractivity contribution in [3.63, 3.8) is 0 Å². The molecule has 0 saturated heterocycles. The first kappa shape index (κ1) is 14.5. The zero-order chi connectivity index (χ0) is 16.5. The number of hydrogen-bond acceptors (Lipinski definition) is 4. The van der Waals surface area contributed by atoms with Crippen LogP contribution in [0.25, 0.3) is 10.8 Å². The van der Waals surface area contributed by atoms with Crippen molar-refractivity contribution in [2.24, 2.45) is 0 Å². The Morgan fingerprint density at radius 2 is 1.12 bits per heavy atom. The second kappa shape index (κ2) is 5.81. The van der Waals surface area contributed by atoms with Crippen LogP contribution in [0.15, 0.2) is 60.7 Å². The largest absolute Gasteiger partial charge is 0.457 e. The Morgan fingerprint density at radius 1 is 0.625 bits per heavy atom. The summed E-state index contributed by atoms with van der Waals surface area (Å²) in [7, 11) is 0. The van der Waals surface area contributed by atoms with Gasteiger partial charge in [0.25, 0.3) is 0 Å². The predicted octanol–water partition coefficient (Wildman–Crippen LogP) is 3.87. The fraction of sp³-hybridized carbons (Fsp3) is 0.100. The van der Waals surface area contributed by atoms with Crippen molar-refractivity contribution in [1.82, 2.24) is 0 Å². The molecule has 0 radical (unpaired) electrons. The SMILES string of the molecule is O=C1OCc2cccc3cccc(c23)COC(=O)c2ccccc21. The summed E-state index contributed by atoms with van der Waals surface area (Å²) >= 11 is 0. The van der Waals surface area contributed by atoms with E-state index in [2.05, 4.69) is 0 Å². The average Bonchev–Trinajstić information content (AvgIpc) is 2.65. The number of rotatable bonds is 0. The number of benzene rings is 3. The third-order valence-corrected chi connectivity index (χ3v) is 4.16. The first-order valence-electron chi connectivity index (χ1n) is 7.67. The fourth-order valence-corrected chi connectivity index (χ4v) is 3.02. The van der Waals surface area contributed by atoms with Crippen molar-refractivity contribution >= 4 is 22.7 Å². The lowest BCUT2D eigenvalue weighted by Crippen LogP contribution is -2.13. The fourth-order valence-electron chi connectivity index (χ4n) is 3.02.